The molecule has 0 aromatic heterocycles. The van der Waals surface area contributed by atoms with E-state index in [1.807, 2.05) is 20.8 Å². The van der Waals surface area contributed by atoms with Crippen LogP contribution in [0.1, 0.15) is 69.2 Å². The number of carbonyl (C=O) groups excluding carboxylic acids is 2. The molecular weight excluding hydrogens is 570 g/mol. The Morgan fingerprint density at radius 1 is 0.930 bits per heavy atom. The zero-order valence-corrected chi connectivity index (χ0v) is 24.5. The molecule has 1 fully saturated rings. The summed E-state index contributed by atoms with van der Waals surface area (Å²) in [4.78, 5) is 31.1. The summed E-state index contributed by atoms with van der Waals surface area (Å²) < 4.78 is 78.2. The van der Waals surface area contributed by atoms with E-state index in [9.17, 15) is 35.9 Å². The van der Waals surface area contributed by atoms with E-state index in [2.05, 4.69) is 0 Å². The van der Waals surface area contributed by atoms with Crippen molar-refractivity contribution in [3.8, 4) is 0 Å². The molecule has 3 aliphatic rings. The zero-order valence-electron chi connectivity index (χ0n) is 24.5. The monoisotopic (exact) mass is 604 g/mol. The fourth-order valence-electron chi connectivity index (χ4n) is 7.10. The van der Waals surface area contributed by atoms with Crippen LogP contribution in [0.2, 0.25) is 0 Å². The van der Waals surface area contributed by atoms with Crippen LogP contribution < -0.4 is 0 Å². The van der Waals surface area contributed by atoms with Gasteiger partial charge >= 0.3 is 18.4 Å². The van der Waals surface area contributed by atoms with Crippen LogP contribution in [0.5, 0.6) is 0 Å². The van der Waals surface area contributed by atoms with E-state index in [4.69, 9.17) is 0 Å². The lowest BCUT2D eigenvalue weighted by molar-refractivity contribution is -0.143. The van der Waals surface area contributed by atoms with Gasteiger partial charge in [-0.15, -0.1) is 0 Å². The molecular formula is C33H34F6N2O2. The standard InChI is InChI=1S/C33H34F6N2O2/c1-20(2)31-14-13-24-17-30(4,16-23-7-11-26(12-8-23)33(37,38)39)19-41(27(24)31)29(43)40(28(31)42)18-21(3)15-22-5-9-25(10-6-22)32(34,35)36/h5-12,15,20H,13-14,16-19H2,1-4H3/b21-15+/t30-,31+/m1/s1. The highest BCUT2D eigenvalue weighted by molar-refractivity contribution is 6.04. The molecule has 0 radical (unpaired) electrons. The van der Waals surface area contributed by atoms with E-state index >= 15 is 0 Å². The molecule has 0 unspecified atom stereocenters. The van der Waals surface area contributed by atoms with Gasteiger partial charge in [0.25, 0.3) is 0 Å². The Hall–Kier alpha value is -3.56. The highest BCUT2D eigenvalue weighted by Crippen LogP contribution is 2.58. The minimum Gasteiger partial charge on any atom is -0.296 e. The van der Waals surface area contributed by atoms with E-state index in [1.165, 1.54) is 29.2 Å². The van der Waals surface area contributed by atoms with Gasteiger partial charge in [0, 0.05) is 12.2 Å². The second kappa shape index (κ2) is 10.6. The van der Waals surface area contributed by atoms with Crippen LogP contribution in [0.25, 0.3) is 6.08 Å². The number of imide groups is 1. The maximum Gasteiger partial charge on any atom is 0.416 e. The first-order valence-electron chi connectivity index (χ1n) is 14.3. The van der Waals surface area contributed by atoms with Crippen molar-refractivity contribution < 1.29 is 35.9 Å². The number of hydrogen-bond acceptors (Lipinski definition) is 2. The minimum absolute atomic E-state index is 0.0120. The molecule has 10 heteroatoms. The number of benzene rings is 2. The maximum atomic E-state index is 14.1. The Labute approximate surface area is 247 Å². The third kappa shape index (κ3) is 5.60. The lowest BCUT2D eigenvalue weighted by Crippen LogP contribution is -2.63. The molecule has 2 atom stereocenters. The Morgan fingerprint density at radius 3 is 2.02 bits per heavy atom. The van der Waals surface area contributed by atoms with Crippen molar-refractivity contribution in [3.63, 3.8) is 0 Å². The number of hydrogen-bond donors (Lipinski definition) is 0. The lowest BCUT2D eigenvalue weighted by atomic mass is 9.68. The predicted octanol–water partition coefficient (Wildman–Crippen LogP) is 8.73. The van der Waals surface area contributed by atoms with Gasteiger partial charge < -0.3 is 0 Å². The summed E-state index contributed by atoms with van der Waals surface area (Å²) in [5, 5.41) is 0. The fraction of sp³-hybridized carbons (Fsp3) is 0.455. The van der Waals surface area contributed by atoms with Gasteiger partial charge in [-0.25, -0.2) is 4.79 Å². The summed E-state index contributed by atoms with van der Waals surface area (Å²) in [5.41, 5.74) is 0.918. The second-order valence-electron chi connectivity index (χ2n) is 12.8. The van der Waals surface area contributed by atoms with Crippen molar-refractivity contribution in [2.24, 2.45) is 16.7 Å². The molecule has 230 valence electrons. The van der Waals surface area contributed by atoms with Gasteiger partial charge in [0.1, 0.15) is 0 Å². The number of amides is 3. The summed E-state index contributed by atoms with van der Waals surface area (Å²) in [6.45, 7) is 8.00. The van der Waals surface area contributed by atoms with Crippen molar-refractivity contribution in [2.45, 2.75) is 65.7 Å². The SMILES string of the molecule is C/C(=C\c1ccc(C(F)(F)F)cc1)CN1C(=O)N2C[C@](C)(Cc3ccc(C(F)(F)F)cc3)CC3=C2[C@@](C(C)C)(CC3)C1=O. The molecule has 1 aliphatic carbocycles. The normalized spacial score (nSPS) is 24.8. The Bertz CT molecular complexity index is 1490. The van der Waals surface area contributed by atoms with E-state index in [-0.39, 0.29) is 18.4 Å². The number of carbonyl (C=O) groups is 2. The van der Waals surface area contributed by atoms with Crippen LogP contribution in [-0.4, -0.2) is 34.8 Å². The molecule has 0 spiro atoms. The molecule has 2 heterocycles. The van der Waals surface area contributed by atoms with Gasteiger partial charge in [0.2, 0.25) is 5.91 Å². The second-order valence-corrected chi connectivity index (χ2v) is 12.8. The lowest BCUT2D eigenvalue weighted by Gasteiger charge is -2.52. The van der Waals surface area contributed by atoms with Gasteiger partial charge in [-0.3, -0.25) is 14.6 Å². The number of nitrogens with zero attached hydrogens (tertiary/aromatic N) is 2. The highest BCUT2D eigenvalue weighted by atomic mass is 19.4. The van der Waals surface area contributed by atoms with Crippen molar-refractivity contribution in [2.75, 3.05) is 13.1 Å². The van der Waals surface area contributed by atoms with Gasteiger partial charge in [-0.05, 0) is 84.9 Å². The van der Waals surface area contributed by atoms with Crippen molar-refractivity contribution >= 4 is 18.0 Å². The van der Waals surface area contributed by atoms with Crippen molar-refractivity contribution in [3.05, 3.63) is 87.6 Å². The molecule has 0 saturated carbocycles. The molecule has 1 saturated heterocycles. The molecule has 43 heavy (non-hydrogen) atoms. The molecule has 3 amide bonds. The highest BCUT2D eigenvalue weighted by Gasteiger charge is 2.61. The first-order valence-corrected chi connectivity index (χ1v) is 14.3. The van der Waals surface area contributed by atoms with Crippen LogP contribution in [0.15, 0.2) is 65.4 Å². The average molecular weight is 605 g/mol. The van der Waals surface area contributed by atoms with E-state index in [0.29, 0.717) is 43.4 Å². The first kappa shape index (κ1) is 30.9. The quantitative estimate of drug-likeness (QED) is 0.310. The maximum absolute atomic E-state index is 14.1. The predicted molar refractivity (Wildman–Crippen MR) is 150 cm³/mol. The van der Waals surface area contributed by atoms with Gasteiger partial charge in [0.15, 0.2) is 0 Å². The number of allylic oxidation sites excluding steroid dienone is 1. The third-order valence-corrected chi connectivity index (χ3v) is 9.07. The number of halogens is 6. The van der Waals surface area contributed by atoms with E-state index in [0.717, 1.165) is 41.1 Å². The fourth-order valence-corrected chi connectivity index (χ4v) is 7.10. The molecule has 0 bridgehead atoms. The molecule has 2 aliphatic heterocycles. The zero-order chi connectivity index (χ0) is 31.5. The van der Waals surface area contributed by atoms with Gasteiger partial charge in [0.05, 0.1) is 23.1 Å². The van der Waals surface area contributed by atoms with Crippen LogP contribution >= 0.6 is 0 Å². The van der Waals surface area contributed by atoms with Gasteiger partial charge in [-0.2, -0.15) is 26.3 Å². The summed E-state index contributed by atoms with van der Waals surface area (Å²) in [7, 11) is 0. The Morgan fingerprint density at radius 2 is 1.49 bits per heavy atom. The van der Waals surface area contributed by atoms with Crippen molar-refractivity contribution in [1.82, 2.24) is 9.80 Å². The molecule has 0 N–H and O–H groups in total. The smallest absolute Gasteiger partial charge is 0.296 e. The molecule has 2 aromatic rings. The van der Waals surface area contributed by atoms with Crippen LogP contribution in [0.3, 0.4) is 0 Å². The van der Waals surface area contributed by atoms with Crippen molar-refractivity contribution in [1.29, 1.82) is 0 Å². The Kier molecular flexibility index (Phi) is 7.58. The number of urea groups is 1. The van der Waals surface area contributed by atoms with Crippen LogP contribution in [-0.2, 0) is 23.6 Å². The summed E-state index contributed by atoms with van der Waals surface area (Å²) in [5.74, 6) is -0.357. The van der Waals surface area contributed by atoms with Crippen LogP contribution in [0, 0.1) is 16.7 Å². The summed E-state index contributed by atoms with van der Waals surface area (Å²) in [6.07, 6.45) is -4.89. The molecule has 2 aromatic carbocycles. The van der Waals surface area contributed by atoms with Crippen LogP contribution in [0.4, 0.5) is 31.1 Å². The average Bonchev–Trinajstić information content (AvgIpc) is 3.29. The molecule has 4 nitrogen and oxygen atoms in total. The van der Waals surface area contributed by atoms with Gasteiger partial charge in [-0.1, -0.05) is 56.7 Å². The van der Waals surface area contributed by atoms with E-state index in [1.54, 1.807) is 17.9 Å². The van der Waals surface area contributed by atoms with E-state index < -0.39 is 40.3 Å². The Balaban J connectivity index is 1.43. The third-order valence-electron chi connectivity index (χ3n) is 9.07. The minimum atomic E-state index is -4.45. The summed E-state index contributed by atoms with van der Waals surface area (Å²) in [6, 6.07) is 9.34. The topological polar surface area (TPSA) is 40.6 Å². The summed E-state index contributed by atoms with van der Waals surface area (Å²) >= 11 is 0. The molecule has 5 rings (SSSR count). The number of rotatable bonds is 6. The largest absolute Gasteiger partial charge is 0.416 e. The first-order chi connectivity index (χ1) is 19.9. The number of alkyl halides is 6.